The number of hydrogen-bond acceptors (Lipinski definition) is 6. The third-order valence-corrected chi connectivity index (χ3v) is 8.35. The second-order valence-electron chi connectivity index (χ2n) is 10.6. The lowest BCUT2D eigenvalue weighted by Gasteiger charge is -2.49. The summed E-state index contributed by atoms with van der Waals surface area (Å²) < 4.78 is 36.0. The van der Waals surface area contributed by atoms with Crippen molar-refractivity contribution in [1.29, 1.82) is 0 Å². The van der Waals surface area contributed by atoms with Crippen molar-refractivity contribution in [3.05, 3.63) is 0 Å². The summed E-state index contributed by atoms with van der Waals surface area (Å²) in [4.78, 5) is 0. The zero-order chi connectivity index (χ0) is 20.8. The van der Waals surface area contributed by atoms with Crippen LogP contribution in [0.25, 0.3) is 0 Å². The van der Waals surface area contributed by atoms with Crippen LogP contribution in [0.4, 0.5) is 0 Å². The van der Waals surface area contributed by atoms with E-state index in [4.69, 9.17) is 28.4 Å². The molecule has 4 aliphatic heterocycles. The number of hydrogen-bond donors (Lipinski definition) is 0. The van der Waals surface area contributed by atoms with Crippen molar-refractivity contribution in [2.24, 2.45) is 23.2 Å². The predicted octanol–water partition coefficient (Wildman–Crippen LogP) is 4.26. The van der Waals surface area contributed by atoms with E-state index in [1.165, 1.54) is 25.7 Å². The number of rotatable bonds is 7. The molecular formula is C24H40O6. The van der Waals surface area contributed by atoms with Crippen molar-refractivity contribution in [2.75, 3.05) is 26.4 Å². The zero-order valence-electron chi connectivity index (χ0n) is 19.0. The first kappa shape index (κ1) is 21.6. The molecule has 4 saturated heterocycles. The fourth-order valence-corrected chi connectivity index (χ4v) is 6.05. The van der Waals surface area contributed by atoms with E-state index in [0.29, 0.717) is 62.7 Å². The lowest BCUT2D eigenvalue weighted by atomic mass is 9.73. The number of fused-ring (bicyclic) bond motifs is 1. The van der Waals surface area contributed by atoms with Gasteiger partial charge in [-0.15, -0.1) is 0 Å². The molecule has 0 aromatic rings. The Morgan fingerprint density at radius 3 is 2.20 bits per heavy atom. The van der Waals surface area contributed by atoms with Crippen molar-refractivity contribution in [2.45, 2.75) is 103 Å². The van der Waals surface area contributed by atoms with E-state index < -0.39 is 6.16 Å². The van der Waals surface area contributed by atoms with Crippen LogP contribution >= 0.6 is 0 Å². The average molecular weight is 425 g/mol. The third kappa shape index (κ3) is 4.46. The highest BCUT2D eigenvalue weighted by atomic mass is 17.0. The normalized spacial score (nSPS) is 49.3. The standard InChI is InChI=1S/C24H40O6/c1-4-19(21-8-16(3)29-21)11-23(5-2)14-27-24(28-15-23)25-12-18(13-26-24)9-17-6-7-20-22(10-17)30-20/h16-22H,4-15H2,1-3H3. The predicted molar refractivity (Wildman–Crippen MR) is 111 cm³/mol. The lowest BCUT2D eigenvalue weighted by molar-refractivity contribution is -0.542. The van der Waals surface area contributed by atoms with Crippen LogP contribution in [0.5, 0.6) is 0 Å². The van der Waals surface area contributed by atoms with Gasteiger partial charge >= 0.3 is 6.16 Å². The van der Waals surface area contributed by atoms with Crippen LogP contribution in [-0.4, -0.2) is 57.0 Å². The highest BCUT2D eigenvalue weighted by molar-refractivity contribution is 4.93. The smallest absolute Gasteiger partial charge is 0.375 e. The summed E-state index contributed by atoms with van der Waals surface area (Å²) in [6.07, 6.45) is 9.88. The molecule has 172 valence electrons. The molecule has 6 heteroatoms. The van der Waals surface area contributed by atoms with E-state index in [9.17, 15) is 0 Å². The van der Waals surface area contributed by atoms with Crippen molar-refractivity contribution in [1.82, 2.24) is 0 Å². The van der Waals surface area contributed by atoms with E-state index in [-0.39, 0.29) is 5.41 Å². The van der Waals surface area contributed by atoms with Gasteiger partial charge in [0, 0.05) is 11.3 Å². The van der Waals surface area contributed by atoms with Crippen molar-refractivity contribution in [3.8, 4) is 0 Å². The minimum Gasteiger partial charge on any atom is -0.375 e. The van der Waals surface area contributed by atoms with Gasteiger partial charge in [-0.1, -0.05) is 20.3 Å². The fourth-order valence-electron chi connectivity index (χ4n) is 6.05. The van der Waals surface area contributed by atoms with Crippen LogP contribution in [0.3, 0.4) is 0 Å². The average Bonchev–Trinajstić information content (AvgIpc) is 3.52. The Bertz CT molecular complexity index is 572. The van der Waals surface area contributed by atoms with Crippen LogP contribution in [0, 0.1) is 23.2 Å². The Morgan fingerprint density at radius 2 is 1.60 bits per heavy atom. The molecular weight excluding hydrogens is 384 g/mol. The Labute approximate surface area is 181 Å². The molecule has 6 unspecified atom stereocenters. The van der Waals surface area contributed by atoms with E-state index in [1.54, 1.807) is 0 Å². The summed E-state index contributed by atoms with van der Waals surface area (Å²) in [5.74, 6) is 1.72. The second-order valence-corrected chi connectivity index (χ2v) is 10.6. The Hall–Kier alpha value is -0.240. The molecule has 5 fully saturated rings. The van der Waals surface area contributed by atoms with Crippen molar-refractivity contribution < 1.29 is 28.4 Å². The molecule has 0 amide bonds. The minimum absolute atomic E-state index is 0.0145. The van der Waals surface area contributed by atoms with Gasteiger partial charge in [-0.3, -0.25) is 0 Å². The largest absolute Gasteiger partial charge is 0.412 e. The zero-order valence-corrected chi connectivity index (χ0v) is 19.0. The van der Waals surface area contributed by atoms with Gasteiger partial charge in [0.1, 0.15) is 0 Å². The Morgan fingerprint density at radius 1 is 0.867 bits per heavy atom. The quantitative estimate of drug-likeness (QED) is 0.569. The minimum atomic E-state index is -1.28. The molecule has 1 spiro atoms. The lowest BCUT2D eigenvalue weighted by Crippen LogP contribution is -2.57. The van der Waals surface area contributed by atoms with Crippen LogP contribution in [0.15, 0.2) is 0 Å². The summed E-state index contributed by atoms with van der Waals surface area (Å²) in [5, 5.41) is 0. The second kappa shape index (κ2) is 8.60. The summed E-state index contributed by atoms with van der Waals surface area (Å²) in [6.45, 7) is 9.20. The monoisotopic (exact) mass is 424 g/mol. The molecule has 0 aromatic carbocycles. The molecule has 0 N–H and O–H groups in total. The maximum atomic E-state index is 6.15. The van der Waals surface area contributed by atoms with Crippen molar-refractivity contribution in [3.63, 3.8) is 0 Å². The number of epoxide rings is 1. The maximum absolute atomic E-state index is 6.15. The van der Waals surface area contributed by atoms with Gasteiger partial charge in [-0.2, -0.15) is 0 Å². The molecule has 0 aromatic heterocycles. The Balaban J connectivity index is 1.09. The molecule has 5 aliphatic rings. The molecule has 4 heterocycles. The van der Waals surface area contributed by atoms with Crippen LogP contribution in [-0.2, 0) is 28.4 Å². The van der Waals surface area contributed by atoms with E-state index in [2.05, 4.69) is 20.8 Å². The first-order valence-electron chi connectivity index (χ1n) is 12.4. The number of ether oxygens (including phenoxy) is 6. The molecule has 5 rings (SSSR count). The highest BCUT2D eigenvalue weighted by Gasteiger charge is 2.51. The molecule has 1 aliphatic carbocycles. The van der Waals surface area contributed by atoms with Gasteiger partial charge in [0.15, 0.2) is 0 Å². The maximum Gasteiger partial charge on any atom is 0.412 e. The van der Waals surface area contributed by atoms with Gasteiger partial charge in [0.05, 0.1) is 50.8 Å². The fraction of sp³-hybridized carbons (Fsp3) is 1.00. The molecule has 6 atom stereocenters. The first-order chi connectivity index (χ1) is 14.5. The summed E-state index contributed by atoms with van der Waals surface area (Å²) in [6, 6.07) is 0. The van der Waals surface area contributed by atoms with Gasteiger partial charge in [0.25, 0.3) is 0 Å². The molecule has 30 heavy (non-hydrogen) atoms. The topological polar surface area (TPSA) is 58.7 Å². The van der Waals surface area contributed by atoms with Gasteiger partial charge in [-0.25, -0.2) is 0 Å². The first-order valence-corrected chi connectivity index (χ1v) is 12.4. The summed E-state index contributed by atoms with van der Waals surface area (Å²) >= 11 is 0. The van der Waals surface area contributed by atoms with Crippen molar-refractivity contribution >= 4 is 0 Å². The molecule has 0 radical (unpaired) electrons. The van der Waals surface area contributed by atoms with Gasteiger partial charge in [-0.05, 0) is 63.7 Å². The van der Waals surface area contributed by atoms with Crippen LogP contribution in [0.2, 0.25) is 0 Å². The van der Waals surface area contributed by atoms with E-state index in [1.807, 2.05) is 0 Å². The van der Waals surface area contributed by atoms with Gasteiger partial charge in [0.2, 0.25) is 0 Å². The molecule has 6 nitrogen and oxygen atoms in total. The van der Waals surface area contributed by atoms with Crippen LogP contribution in [0.1, 0.15) is 72.1 Å². The van der Waals surface area contributed by atoms with E-state index in [0.717, 1.165) is 31.6 Å². The summed E-state index contributed by atoms with van der Waals surface area (Å²) in [5.41, 5.74) is 0.0145. The third-order valence-electron chi connectivity index (χ3n) is 8.35. The molecule has 1 saturated carbocycles. The van der Waals surface area contributed by atoms with Gasteiger partial charge < -0.3 is 28.4 Å². The molecule has 0 bridgehead atoms. The Kier molecular flexibility index (Phi) is 6.19. The summed E-state index contributed by atoms with van der Waals surface area (Å²) in [7, 11) is 0. The SMILES string of the molecule is CCC(CC1(CC)COC2(OCC(CC3CCC4OC4C3)CO2)OC1)C1CC(C)O1. The van der Waals surface area contributed by atoms with Crippen LogP contribution < -0.4 is 0 Å². The highest BCUT2D eigenvalue weighted by Crippen LogP contribution is 2.45. The van der Waals surface area contributed by atoms with E-state index >= 15 is 0 Å².